The Morgan fingerprint density at radius 1 is 1.50 bits per heavy atom. The molecule has 0 unspecified atom stereocenters. The number of rotatable bonds is 4. The maximum atomic E-state index is 12.0. The van der Waals surface area contributed by atoms with Crippen LogP contribution >= 0.6 is 0 Å². The van der Waals surface area contributed by atoms with Crippen molar-refractivity contribution in [2.45, 2.75) is 18.9 Å². The summed E-state index contributed by atoms with van der Waals surface area (Å²) in [5.41, 5.74) is 5.67. The number of nitrogen functional groups attached to an aromatic ring is 1. The van der Waals surface area contributed by atoms with Gasteiger partial charge in [0.2, 0.25) is 0 Å². The van der Waals surface area contributed by atoms with E-state index in [1.807, 2.05) is 0 Å². The van der Waals surface area contributed by atoms with Crippen molar-refractivity contribution < 1.29 is 9.90 Å². The number of nitrogens with two attached hydrogens (primary N) is 1. The summed E-state index contributed by atoms with van der Waals surface area (Å²) in [5, 5.41) is 8.90. The Hall–Kier alpha value is -1.69. The standard InChI is InChI=1S/C10H14N4O2/c11-9-6-12-8(5-13-9)10(16)14(3-4-15)7-1-2-7/h5-7,15H,1-4H2,(H2,11,13). The van der Waals surface area contributed by atoms with Crippen molar-refractivity contribution in [1.82, 2.24) is 14.9 Å². The van der Waals surface area contributed by atoms with Crippen molar-refractivity contribution in [2.75, 3.05) is 18.9 Å². The number of aromatic nitrogens is 2. The number of hydrogen-bond donors (Lipinski definition) is 2. The molecule has 2 rings (SSSR count). The van der Waals surface area contributed by atoms with Crippen LogP contribution in [0.3, 0.4) is 0 Å². The fraction of sp³-hybridized carbons (Fsp3) is 0.500. The zero-order valence-electron chi connectivity index (χ0n) is 8.83. The first kappa shape index (κ1) is 10.8. The lowest BCUT2D eigenvalue weighted by Gasteiger charge is -2.20. The molecule has 1 fully saturated rings. The summed E-state index contributed by atoms with van der Waals surface area (Å²) in [4.78, 5) is 21.4. The Morgan fingerprint density at radius 2 is 2.25 bits per heavy atom. The van der Waals surface area contributed by atoms with E-state index in [-0.39, 0.29) is 30.1 Å². The maximum absolute atomic E-state index is 12.0. The molecule has 0 spiro atoms. The highest BCUT2D eigenvalue weighted by Crippen LogP contribution is 2.27. The molecule has 0 bridgehead atoms. The highest BCUT2D eigenvalue weighted by Gasteiger charge is 2.33. The van der Waals surface area contributed by atoms with E-state index in [4.69, 9.17) is 10.8 Å². The first-order chi connectivity index (χ1) is 7.72. The van der Waals surface area contributed by atoms with Crippen LogP contribution in [0.15, 0.2) is 12.4 Å². The molecule has 0 aromatic carbocycles. The van der Waals surface area contributed by atoms with Gasteiger partial charge < -0.3 is 15.7 Å². The van der Waals surface area contributed by atoms with Crippen LogP contribution in [-0.4, -0.2) is 45.1 Å². The van der Waals surface area contributed by atoms with Crippen molar-refractivity contribution in [1.29, 1.82) is 0 Å². The topological polar surface area (TPSA) is 92.3 Å². The molecule has 86 valence electrons. The average molecular weight is 222 g/mol. The summed E-state index contributed by atoms with van der Waals surface area (Å²) in [5.74, 6) is 0.0979. The summed E-state index contributed by atoms with van der Waals surface area (Å²) in [6, 6.07) is 0.249. The van der Waals surface area contributed by atoms with Crippen molar-refractivity contribution in [2.24, 2.45) is 0 Å². The van der Waals surface area contributed by atoms with Gasteiger partial charge in [0.25, 0.3) is 5.91 Å². The number of aliphatic hydroxyl groups excluding tert-OH is 1. The van der Waals surface area contributed by atoms with Crippen molar-refractivity contribution in [3.05, 3.63) is 18.1 Å². The predicted molar refractivity (Wildman–Crippen MR) is 57.6 cm³/mol. The fourth-order valence-corrected chi connectivity index (χ4v) is 1.54. The first-order valence-corrected chi connectivity index (χ1v) is 5.21. The van der Waals surface area contributed by atoms with Gasteiger partial charge in [0, 0.05) is 12.6 Å². The maximum Gasteiger partial charge on any atom is 0.274 e. The molecule has 0 radical (unpaired) electrons. The molecular formula is C10H14N4O2. The molecule has 0 saturated heterocycles. The van der Waals surface area contributed by atoms with Gasteiger partial charge in [-0.1, -0.05) is 0 Å². The zero-order chi connectivity index (χ0) is 11.5. The molecule has 1 aliphatic rings. The normalized spacial score (nSPS) is 14.8. The van der Waals surface area contributed by atoms with Gasteiger partial charge in [-0.2, -0.15) is 0 Å². The highest BCUT2D eigenvalue weighted by molar-refractivity contribution is 5.92. The number of anilines is 1. The minimum Gasteiger partial charge on any atom is -0.395 e. The number of carbonyl (C=O) groups excluding carboxylic acids is 1. The van der Waals surface area contributed by atoms with Crippen LogP contribution in [-0.2, 0) is 0 Å². The van der Waals surface area contributed by atoms with Crippen LogP contribution in [0.5, 0.6) is 0 Å². The van der Waals surface area contributed by atoms with E-state index in [9.17, 15) is 4.79 Å². The number of hydrogen-bond acceptors (Lipinski definition) is 5. The largest absolute Gasteiger partial charge is 0.395 e. The Bertz CT molecular complexity index is 375. The molecule has 6 nitrogen and oxygen atoms in total. The lowest BCUT2D eigenvalue weighted by Crippen LogP contribution is -2.36. The molecule has 1 amide bonds. The van der Waals surface area contributed by atoms with Crippen LogP contribution in [0.2, 0.25) is 0 Å². The molecule has 1 heterocycles. The molecule has 1 aromatic rings. The van der Waals surface area contributed by atoms with Crippen molar-refractivity contribution in [3.63, 3.8) is 0 Å². The Kier molecular flexibility index (Phi) is 3.00. The van der Waals surface area contributed by atoms with Crippen LogP contribution in [0.25, 0.3) is 0 Å². The predicted octanol–water partition coefficient (Wildman–Crippen LogP) is -0.344. The van der Waals surface area contributed by atoms with Gasteiger partial charge >= 0.3 is 0 Å². The molecular weight excluding hydrogens is 208 g/mol. The Morgan fingerprint density at radius 3 is 2.75 bits per heavy atom. The first-order valence-electron chi connectivity index (χ1n) is 5.21. The van der Waals surface area contributed by atoms with Gasteiger partial charge in [0.1, 0.15) is 11.5 Å². The van der Waals surface area contributed by atoms with Gasteiger partial charge in [-0.25, -0.2) is 9.97 Å². The fourth-order valence-electron chi connectivity index (χ4n) is 1.54. The minimum absolute atomic E-state index is 0.0371. The van der Waals surface area contributed by atoms with Crippen molar-refractivity contribution in [3.8, 4) is 0 Å². The third-order valence-electron chi connectivity index (χ3n) is 2.48. The monoisotopic (exact) mass is 222 g/mol. The molecule has 1 aliphatic carbocycles. The van der Waals surface area contributed by atoms with E-state index in [1.54, 1.807) is 4.90 Å². The molecule has 0 atom stereocenters. The molecule has 0 aliphatic heterocycles. The summed E-state index contributed by atoms with van der Waals surface area (Å²) in [6.45, 7) is 0.306. The number of nitrogens with zero attached hydrogens (tertiary/aromatic N) is 3. The summed E-state index contributed by atoms with van der Waals surface area (Å²) in [6.07, 6.45) is 4.71. The van der Waals surface area contributed by atoms with Crippen molar-refractivity contribution >= 4 is 11.7 Å². The summed E-state index contributed by atoms with van der Waals surface area (Å²) in [7, 11) is 0. The quantitative estimate of drug-likeness (QED) is 0.726. The van der Waals surface area contributed by atoms with Gasteiger partial charge in [-0.15, -0.1) is 0 Å². The second-order valence-electron chi connectivity index (χ2n) is 3.78. The van der Waals surface area contributed by atoms with E-state index < -0.39 is 0 Å². The second kappa shape index (κ2) is 4.44. The molecule has 16 heavy (non-hydrogen) atoms. The van der Waals surface area contributed by atoms with E-state index in [0.717, 1.165) is 12.8 Å². The molecule has 3 N–H and O–H groups in total. The lowest BCUT2D eigenvalue weighted by atomic mass is 10.3. The third-order valence-corrected chi connectivity index (χ3v) is 2.48. The van der Waals surface area contributed by atoms with E-state index in [1.165, 1.54) is 12.4 Å². The Labute approximate surface area is 93.1 Å². The van der Waals surface area contributed by atoms with Crippen LogP contribution < -0.4 is 5.73 Å². The second-order valence-corrected chi connectivity index (χ2v) is 3.78. The van der Waals surface area contributed by atoms with Crippen LogP contribution in [0, 0.1) is 0 Å². The van der Waals surface area contributed by atoms with E-state index in [2.05, 4.69) is 9.97 Å². The van der Waals surface area contributed by atoms with E-state index >= 15 is 0 Å². The molecule has 1 aromatic heterocycles. The summed E-state index contributed by atoms with van der Waals surface area (Å²) < 4.78 is 0. The van der Waals surface area contributed by atoms with Gasteiger partial charge in [0.15, 0.2) is 0 Å². The third kappa shape index (κ3) is 2.27. The lowest BCUT2D eigenvalue weighted by molar-refractivity contribution is 0.0701. The highest BCUT2D eigenvalue weighted by atomic mass is 16.3. The average Bonchev–Trinajstić information content (AvgIpc) is 3.10. The van der Waals surface area contributed by atoms with Crippen LogP contribution in [0.4, 0.5) is 5.82 Å². The molecule has 1 saturated carbocycles. The smallest absolute Gasteiger partial charge is 0.274 e. The zero-order valence-corrected chi connectivity index (χ0v) is 8.83. The Balaban J connectivity index is 2.12. The minimum atomic E-state index is -0.191. The summed E-state index contributed by atoms with van der Waals surface area (Å²) >= 11 is 0. The van der Waals surface area contributed by atoms with Gasteiger partial charge in [0.05, 0.1) is 19.0 Å². The number of amides is 1. The number of aliphatic hydroxyl groups is 1. The van der Waals surface area contributed by atoms with E-state index in [0.29, 0.717) is 6.54 Å². The molecule has 6 heteroatoms. The van der Waals surface area contributed by atoms with Gasteiger partial charge in [-0.05, 0) is 12.8 Å². The van der Waals surface area contributed by atoms with Crippen LogP contribution in [0.1, 0.15) is 23.3 Å². The number of carbonyl (C=O) groups is 1. The SMILES string of the molecule is Nc1cnc(C(=O)N(CCO)C2CC2)cn1. The van der Waals surface area contributed by atoms with Gasteiger partial charge in [-0.3, -0.25) is 4.79 Å².